The summed E-state index contributed by atoms with van der Waals surface area (Å²) in [6.07, 6.45) is 4.98. The van der Waals surface area contributed by atoms with E-state index in [1.165, 1.54) is 5.56 Å². The Morgan fingerprint density at radius 1 is 1.24 bits per heavy atom. The minimum Gasteiger partial charge on any atom is -0.497 e. The summed E-state index contributed by atoms with van der Waals surface area (Å²) in [6.45, 7) is 7.95. The van der Waals surface area contributed by atoms with Gasteiger partial charge >= 0.3 is 0 Å². The van der Waals surface area contributed by atoms with Crippen LogP contribution >= 0.6 is 0 Å². The number of rotatable bonds is 7. The van der Waals surface area contributed by atoms with E-state index in [-0.39, 0.29) is 0 Å². The first-order chi connectivity index (χ1) is 14.0. The maximum atomic E-state index is 5.43. The monoisotopic (exact) mass is 399 g/mol. The average molecular weight is 400 g/mol. The molecule has 29 heavy (non-hydrogen) atoms. The highest BCUT2D eigenvalue weighted by molar-refractivity contribution is 5.80. The number of likely N-dealkylation sites (tertiary alicyclic amines) is 1. The van der Waals surface area contributed by atoms with Gasteiger partial charge in [-0.05, 0) is 30.0 Å². The zero-order valence-corrected chi connectivity index (χ0v) is 18.2. The predicted octanol–water partition coefficient (Wildman–Crippen LogP) is 3.12. The van der Waals surface area contributed by atoms with E-state index in [1.807, 2.05) is 25.5 Å². The number of hydrogen-bond acceptors (Lipinski definition) is 4. The number of nitrogens with one attached hydrogen (secondary N) is 1. The zero-order chi connectivity index (χ0) is 20.8. The van der Waals surface area contributed by atoms with E-state index in [4.69, 9.17) is 9.47 Å². The number of nitrogens with zero attached hydrogens (tertiary/aromatic N) is 4. The Bertz CT molecular complexity index is 808. The predicted molar refractivity (Wildman–Crippen MR) is 116 cm³/mol. The quantitative estimate of drug-likeness (QED) is 0.572. The van der Waals surface area contributed by atoms with Crippen LogP contribution in [0.5, 0.6) is 11.5 Å². The molecule has 1 N–H and O–H groups in total. The molecule has 0 aliphatic carbocycles. The van der Waals surface area contributed by atoms with Gasteiger partial charge in [-0.1, -0.05) is 13.8 Å². The largest absolute Gasteiger partial charge is 0.497 e. The van der Waals surface area contributed by atoms with Crippen molar-refractivity contribution < 1.29 is 9.47 Å². The molecule has 1 aromatic heterocycles. The number of aliphatic imine (C=N–C) groups is 1. The van der Waals surface area contributed by atoms with Crippen molar-refractivity contribution in [2.45, 2.75) is 39.3 Å². The fourth-order valence-electron chi connectivity index (χ4n) is 3.85. The SMILES string of the molecule is CN=C(NCc1nccn1CC(C)C)N1CCC(c2cc(OC)cc(OC)c2)C1. The van der Waals surface area contributed by atoms with Gasteiger partial charge in [-0.3, -0.25) is 4.99 Å². The van der Waals surface area contributed by atoms with Crippen LogP contribution in [-0.2, 0) is 13.1 Å². The van der Waals surface area contributed by atoms with Crippen LogP contribution < -0.4 is 14.8 Å². The molecule has 158 valence electrons. The fourth-order valence-corrected chi connectivity index (χ4v) is 3.85. The third-order valence-corrected chi connectivity index (χ3v) is 5.31. The second-order valence-electron chi connectivity index (χ2n) is 7.87. The first kappa shape index (κ1) is 21.0. The second-order valence-corrected chi connectivity index (χ2v) is 7.87. The van der Waals surface area contributed by atoms with Crippen molar-refractivity contribution >= 4 is 5.96 Å². The highest BCUT2D eigenvalue weighted by Gasteiger charge is 2.27. The standard InChI is InChI=1S/C22H33N5O2/c1-16(2)14-26-9-7-24-21(26)13-25-22(23-3)27-8-6-17(15-27)18-10-19(28-4)12-20(11-18)29-5/h7,9-12,16-17H,6,8,13-15H2,1-5H3,(H,23,25). The summed E-state index contributed by atoms with van der Waals surface area (Å²) in [7, 11) is 5.22. The molecule has 1 aliphatic heterocycles. The van der Waals surface area contributed by atoms with Crippen LogP contribution in [0.15, 0.2) is 35.6 Å². The number of benzene rings is 1. The van der Waals surface area contributed by atoms with Gasteiger partial charge < -0.3 is 24.3 Å². The zero-order valence-electron chi connectivity index (χ0n) is 18.2. The van der Waals surface area contributed by atoms with Crippen LogP contribution in [0.1, 0.15) is 37.6 Å². The summed E-state index contributed by atoms with van der Waals surface area (Å²) in [5.41, 5.74) is 1.24. The minimum absolute atomic E-state index is 0.417. The molecule has 1 aliphatic rings. The Hall–Kier alpha value is -2.70. The van der Waals surface area contributed by atoms with Gasteiger partial charge in [-0.15, -0.1) is 0 Å². The molecule has 7 nitrogen and oxygen atoms in total. The lowest BCUT2D eigenvalue weighted by atomic mass is 9.98. The molecule has 2 aromatic rings. The van der Waals surface area contributed by atoms with Gasteiger partial charge in [-0.2, -0.15) is 0 Å². The van der Waals surface area contributed by atoms with Crippen molar-refractivity contribution in [3.05, 3.63) is 42.0 Å². The van der Waals surface area contributed by atoms with Crippen LogP contribution in [0.2, 0.25) is 0 Å². The normalized spacial score (nSPS) is 17.1. The Balaban J connectivity index is 1.63. The van der Waals surface area contributed by atoms with E-state index in [9.17, 15) is 0 Å². The summed E-state index contributed by atoms with van der Waals surface area (Å²) >= 11 is 0. The van der Waals surface area contributed by atoms with Crippen LogP contribution in [0.3, 0.4) is 0 Å². The van der Waals surface area contributed by atoms with Crippen LogP contribution in [0.25, 0.3) is 0 Å². The molecule has 0 bridgehead atoms. The van der Waals surface area contributed by atoms with E-state index < -0.39 is 0 Å². The lowest BCUT2D eigenvalue weighted by molar-refractivity contribution is 0.392. The third-order valence-electron chi connectivity index (χ3n) is 5.31. The van der Waals surface area contributed by atoms with E-state index in [0.717, 1.165) is 49.3 Å². The summed E-state index contributed by atoms with van der Waals surface area (Å²) in [6, 6.07) is 6.13. The highest BCUT2D eigenvalue weighted by Crippen LogP contribution is 2.32. The molecule has 1 fully saturated rings. The van der Waals surface area contributed by atoms with Crippen molar-refractivity contribution in [3.8, 4) is 11.5 Å². The summed E-state index contributed by atoms with van der Waals surface area (Å²) in [5.74, 6) is 4.62. The van der Waals surface area contributed by atoms with E-state index in [2.05, 4.69) is 50.7 Å². The molecule has 7 heteroatoms. The van der Waals surface area contributed by atoms with Gasteiger partial charge in [0.2, 0.25) is 0 Å². The Morgan fingerprint density at radius 3 is 2.59 bits per heavy atom. The van der Waals surface area contributed by atoms with Gasteiger partial charge in [0.15, 0.2) is 5.96 Å². The number of hydrogen-bond donors (Lipinski definition) is 1. The Morgan fingerprint density at radius 2 is 1.97 bits per heavy atom. The first-order valence-corrected chi connectivity index (χ1v) is 10.2. The van der Waals surface area contributed by atoms with Crippen molar-refractivity contribution in [3.63, 3.8) is 0 Å². The molecule has 1 unspecified atom stereocenters. The first-order valence-electron chi connectivity index (χ1n) is 10.2. The average Bonchev–Trinajstić information content (AvgIpc) is 3.38. The molecule has 0 spiro atoms. The number of imidazole rings is 1. The minimum atomic E-state index is 0.417. The molecule has 0 amide bonds. The molecule has 1 aromatic carbocycles. The number of methoxy groups -OCH3 is 2. The molecule has 1 saturated heterocycles. The van der Waals surface area contributed by atoms with Gasteiger partial charge in [0.25, 0.3) is 0 Å². The fraction of sp³-hybridized carbons (Fsp3) is 0.545. The van der Waals surface area contributed by atoms with Crippen molar-refractivity contribution in [2.24, 2.45) is 10.9 Å². The number of ether oxygens (including phenoxy) is 2. The highest BCUT2D eigenvalue weighted by atomic mass is 16.5. The van der Waals surface area contributed by atoms with Crippen molar-refractivity contribution in [2.75, 3.05) is 34.4 Å². The van der Waals surface area contributed by atoms with E-state index in [1.54, 1.807) is 14.2 Å². The van der Waals surface area contributed by atoms with Gasteiger partial charge in [0.05, 0.1) is 20.8 Å². The number of aromatic nitrogens is 2. The third kappa shape index (κ3) is 5.22. The van der Waals surface area contributed by atoms with Gasteiger partial charge in [-0.25, -0.2) is 4.98 Å². The van der Waals surface area contributed by atoms with Crippen LogP contribution in [0.4, 0.5) is 0 Å². The maximum absolute atomic E-state index is 5.43. The van der Waals surface area contributed by atoms with Crippen molar-refractivity contribution in [1.82, 2.24) is 19.8 Å². The van der Waals surface area contributed by atoms with E-state index in [0.29, 0.717) is 18.4 Å². The van der Waals surface area contributed by atoms with Crippen molar-refractivity contribution in [1.29, 1.82) is 0 Å². The lowest BCUT2D eigenvalue weighted by Crippen LogP contribution is -2.40. The lowest BCUT2D eigenvalue weighted by Gasteiger charge is -2.22. The number of guanidine groups is 1. The van der Waals surface area contributed by atoms with Gasteiger partial charge in [0.1, 0.15) is 17.3 Å². The summed E-state index contributed by atoms with van der Waals surface area (Å²) < 4.78 is 13.1. The van der Waals surface area contributed by atoms with Gasteiger partial charge in [0, 0.05) is 51.1 Å². The second kappa shape index (κ2) is 9.67. The topological polar surface area (TPSA) is 63.9 Å². The molecule has 3 rings (SSSR count). The molecular weight excluding hydrogens is 366 g/mol. The molecule has 2 heterocycles. The molecule has 1 atom stereocenters. The Kier molecular flexibility index (Phi) is 7.01. The smallest absolute Gasteiger partial charge is 0.194 e. The molecule has 0 radical (unpaired) electrons. The van der Waals surface area contributed by atoms with Crippen LogP contribution in [0, 0.1) is 5.92 Å². The maximum Gasteiger partial charge on any atom is 0.194 e. The van der Waals surface area contributed by atoms with E-state index >= 15 is 0 Å². The summed E-state index contributed by atoms with van der Waals surface area (Å²) in [4.78, 5) is 11.3. The molecular formula is C22H33N5O2. The summed E-state index contributed by atoms with van der Waals surface area (Å²) in [5, 5.41) is 3.49. The Labute approximate surface area is 173 Å². The van der Waals surface area contributed by atoms with Crippen LogP contribution in [-0.4, -0.2) is 54.8 Å². The molecule has 0 saturated carbocycles.